The Balaban J connectivity index is 1.41. The smallest absolute Gasteiger partial charge is 0.277 e. The number of hydrogen-bond donors (Lipinski definition) is 1. The third kappa shape index (κ3) is 6.45. The van der Waals surface area contributed by atoms with E-state index in [1.54, 1.807) is 30.5 Å². The molecule has 0 radical (unpaired) electrons. The highest BCUT2D eigenvalue weighted by Gasteiger charge is 2.01. The van der Waals surface area contributed by atoms with Crippen LogP contribution in [0.5, 0.6) is 11.5 Å². The number of nitrogens with zero attached hydrogens (tertiary/aromatic N) is 1. The molecule has 3 rings (SSSR count). The van der Waals surface area contributed by atoms with Crippen LogP contribution in [0.1, 0.15) is 11.1 Å². The number of carbonyl (C=O) groups excluding carboxylic acids is 1. The predicted molar refractivity (Wildman–Crippen MR) is 110 cm³/mol. The average Bonchev–Trinajstić information content (AvgIpc) is 2.73. The predicted octanol–water partition coefficient (Wildman–Crippen LogP) is 4.45. The molecule has 1 amide bonds. The number of rotatable bonds is 8. The van der Waals surface area contributed by atoms with Crippen molar-refractivity contribution < 1.29 is 14.3 Å². The number of halogens is 1. The molecule has 0 fully saturated rings. The molecular formula is C22H19ClN2O3. The molecule has 0 unspecified atom stereocenters. The first-order chi connectivity index (χ1) is 13.7. The summed E-state index contributed by atoms with van der Waals surface area (Å²) in [5.41, 5.74) is 4.37. The fourth-order valence-electron chi connectivity index (χ4n) is 2.28. The zero-order chi connectivity index (χ0) is 19.6. The van der Waals surface area contributed by atoms with Crippen molar-refractivity contribution in [3.63, 3.8) is 0 Å². The number of ether oxygens (including phenoxy) is 2. The van der Waals surface area contributed by atoms with Crippen molar-refractivity contribution in [3.8, 4) is 11.5 Å². The van der Waals surface area contributed by atoms with Gasteiger partial charge in [0.2, 0.25) is 0 Å². The molecule has 0 aliphatic carbocycles. The molecule has 0 atom stereocenters. The number of nitrogens with one attached hydrogen (secondary N) is 1. The Kier molecular flexibility index (Phi) is 7.04. The topological polar surface area (TPSA) is 59.9 Å². The highest BCUT2D eigenvalue weighted by atomic mass is 35.5. The molecule has 142 valence electrons. The molecule has 0 aromatic heterocycles. The van der Waals surface area contributed by atoms with E-state index in [4.69, 9.17) is 21.1 Å². The van der Waals surface area contributed by atoms with Gasteiger partial charge in [0, 0.05) is 5.02 Å². The summed E-state index contributed by atoms with van der Waals surface area (Å²) in [5, 5.41) is 4.53. The van der Waals surface area contributed by atoms with Gasteiger partial charge in [0.15, 0.2) is 6.61 Å². The molecular weight excluding hydrogens is 376 g/mol. The Morgan fingerprint density at radius 1 is 0.893 bits per heavy atom. The maximum absolute atomic E-state index is 11.8. The second-order valence-electron chi connectivity index (χ2n) is 5.88. The monoisotopic (exact) mass is 394 g/mol. The Morgan fingerprint density at radius 2 is 1.54 bits per heavy atom. The quantitative estimate of drug-likeness (QED) is 0.453. The van der Waals surface area contributed by atoms with Gasteiger partial charge in [-0.1, -0.05) is 41.9 Å². The number of hydrogen-bond acceptors (Lipinski definition) is 4. The van der Waals surface area contributed by atoms with Crippen LogP contribution >= 0.6 is 11.6 Å². The van der Waals surface area contributed by atoms with Crippen molar-refractivity contribution >= 4 is 23.7 Å². The first-order valence-corrected chi connectivity index (χ1v) is 9.04. The molecule has 0 spiro atoms. The lowest BCUT2D eigenvalue weighted by Crippen LogP contribution is -2.24. The maximum Gasteiger partial charge on any atom is 0.277 e. The molecule has 5 nitrogen and oxygen atoms in total. The van der Waals surface area contributed by atoms with Crippen molar-refractivity contribution in [2.75, 3.05) is 6.61 Å². The fourth-order valence-corrected chi connectivity index (χ4v) is 2.41. The van der Waals surface area contributed by atoms with Crippen molar-refractivity contribution in [2.45, 2.75) is 6.61 Å². The number of carbonyl (C=O) groups is 1. The summed E-state index contributed by atoms with van der Waals surface area (Å²) in [4.78, 5) is 11.8. The van der Waals surface area contributed by atoms with Crippen molar-refractivity contribution in [2.24, 2.45) is 5.10 Å². The SMILES string of the molecule is O=C(COc1ccc(Cl)cc1)NN=Cc1ccc(OCc2ccccc2)cc1. The largest absolute Gasteiger partial charge is 0.489 e. The highest BCUT2D eigenvalue weighted by Crippen LogP contribution is 2.15. The molecule has 0 aliphatic heterocycles. The van der Waals surface area contributed by atoms with Crippen LogP contribution in [0.2, 0.25) is 5.02 Å². The lowest BCUT2D eigenvalue weighted by molar-refractivity contribution is -0.123. The van der Waals surface area contributed by atoms with Crippen LogP contribution in [0.4, 0.5) is 0 Å². The molecule has 0 bridgehead atoms. The lowest BCUT2D eigenvalue weighted by atomic mass is 10.2. The van der Waals surface area contributed by atoms with E-state index in [0.717, 1.165) is 16.9 Å². The highest BCUT2D eigenvalue weighted by molar-refractivity contribution is 6.30. The van der Waals surface area contributed by atoms with Crippen molar-refractivity contribution in [1.82, 2.24) is 5.43 Å². The van der Waals surface area contributed by atoms with Crippen molar-refractivity contribution in [1.29, 1.82) is 0 Å². The normalized spacial score (nSPS) is 10.6. The van der Waals surface area contributed by atoms with Gasteiger partial charge in [0.1, 0.15) is 18.1 Å². The van der Waals surface area contributed by atoms with Gasteiger partial charge >= 0.3 is 0 Å². The molecule has 3 aromatic carbocycles. The van der Waals surface area contributed by atoms with E-state index in [1.165, 1.54) is 0 Å². The number of benzene rings is 3. The Hall–Kier alpha value is -3.31. The minimum atomic E-state index is -0.353. The Labute approximate surface area is 168 Å². The zero-order valence-corrected chi connectivity index (χ0v) is 15.8. The zero-order valence-electron chi connectivity index (χ0n) is 15.0. The molecule has 0 heterocycles. The van der Waals surface area contributed by atoms with Gasteiger partial charge < -0.3 is 9.47 Å². The van der Waals surface area contributed by atoms with Crippen LogP contribution in [-0.4, -0.2) is 18.7 Å². The summed E-state index contributed by atoms with van der Waals surface area (Å²) in [6.45, 7) is 0.378. The van der Waals surface area contributed by atoms with E-state index in [9.17, 15) is 4.79 Å². The summed E-state index contributed by atoms with van der Waals surface area (Å²) < 4.78 is 11.1. The van der Waals surface area contributed by atoms with E-state index in [2.05, 4.69) is 10.5 Å². The van der Waals surface area contributed by atoms with Gasteiger partial charge in [0.05, 0.1) is 6.21 Å². The molecule has 0 saturated heterocycles. The van der Waals surface area contributed by atoms with E-state index in [-0.39, 0.29) is 12.5 Å². The lowest BCUT2D eigenvalue weighted by Gasteiger charge is -2.06. The second-order valence-corrected chi connectivity index (χ2v) is 6.32. The maximum atomic E-state index is 11.8. The summed E-state index contributed by atoms with van der Waals surface area (Å²) in [7, 11) is 0. The molecule has 1 N–H and O–H groups in total. The third-order valence-electron chi connectivity index (χ3n) is 3.71. The second kappa shape index (κ2) is 10.1. The minimum absolute atomic E-state index is 0.134. The molecule has 0 saturated carbocycles. The molecule has 28 heavy (non-hydrogen) atoms. The van der Waals surface area contributed by atoms with Gasteiger partial charge in [-0.25, -0.2) is 5.43 Å². The van der Waals surface area contributed by atoms with Gasteiger partial charge in [-0.15, -0.1) is 0 Å². The van der Waals surface area contributed by atoms with Crippen LogP contribution in [-0.2, 0) is 11.4 Å². The van der Waals surface area contributed by atoms with Crippen molar-refractivity contribution in [3.05, 3.63) is 95.0 Å². The summed E-state index contributed by atoms with van der Waals surface area (Å²) >= 11 is 5.79. The molecule has 6 heteroatoms. The summed E-state index contributed by atoms with van der Waals surface area (Å²) in [6.07, 6.45) is 1.56. The Morgan fingerprint density at radius 3 is 2.25 bits per heavy atom. The van der Waals surface area contributed by atoms with Crippen LogP contribution in [0, 0.1) is 0 Å². The molecule has 3 aromatic rings. The average molecular weight is 395 g/mol. The van der Waals surface area contributed by atoms with Crippen LogP contribution in [0.25, 0.3) is 0 Å². The van der Waals surface area contributed by atoms with E-state index in [1.807, 2.05) is 54.6 Å². The first kappa shape index (κ1) is 19.5. The van der Waals surface area contributed by atoms with Gasteiger partial charge in [-0.3, -0.25) is 4.79 Å². The fraction of sp³-hybridized carbons (Fsp3) is 0.0909. The minimum Gasteiger partial charge on any atom is -0.489 e. The summed E-state index contributed by atoms with van der Waals surface area (Å²) in [5.74, 6) is 0.977. The van der Waals surface area contributed by atoms with E-state index in [0.29, 0.717) is 17.4 Å². The van der Waals surface area contributed by atoms with Crippen LogP contribution in [0.3, 0.4) is 0 Å². The first-order valence-electron chi connectivity index (χ1n) is 8.66. The van der Waals surface area contributed by atoms with Gasteiger partial charge in [0.25, 0.3) is 5.91 Å². The Bertz CT molecular complexity index is 911. The van der Waals surface area contributed by atoms with Crippen LogP contribution in [0.15, 0.2) is 84.0 Å². The number of hydrazone groups is 1. The third-order valence-corrected chi connectivity index (χ3v) is 3.97. The standard InChI is InChI=1S/C22H19ClN2O3/c23-19-8-12-21(13-9-19)28-16-22(26)25-24-14-17-6-10-20(11-7-17)27-15-18-4-2-1-3-5-18/h1-14H,15-16H2,(H,25,26). The van der Waals surface area contributed by atoms with Gasteiger partial charge in [-0.2, -0.15) is 5.10 Å². The van der Waals surface area contributed by atoms with Gasteiger partial charge in [-0.05, 0) is 59.7 Å². The molecule has 0 aliphatic rings. The number of amides is 1. The van der Waals surface area contributed by atoms with Crippen LogP contribution < -0.4 is 14.9 Å². The van der Waals surface area contributed by atoms with E-state index < -0.39 is 0 Å². The summed E-state index contributed by atoms with van der Waals surface area (Å²) in [6, 6.07) is 24.2. The van der Waals surface area contributed by atoms with E-state index >= 15 is 0 Å².